The first-order valence-electron chi connectivity index (χ1n) is 13.0. The largest absolute Gasteiger partial charge is 0.339 e. The van der Waals surface area contributed by atoms with Crippen LogP contribution in [0.1, 0.15) is 74.1 Å². The second kappa shape index (κ2) is 10.0. The van der Waals surface area contributed by atoms with Crippen molar-refractivity contribution in [3.63, 3.8) is 0 Å². The van der Waals surface area contributed by atoms with Crippen LogP contribution in [0.3, 0.4) is 0 Å². The zero-order chi connectivity index (χ0) is 26.2. The Morgan fingerprint density at radius 3 is 2.14 bits per heavy atom. The summed E-state index contributed by atoms with van der Waals surface area (Å²) in [5.74, 6) is 1.17. The Hall–Kier alpha value is -3.04. The van der Waals surface area contributed by atoms with E-state index >= 15 is 0 Å². The summed E-state index contributed by atoms with van der Waals surface area (Å²) in [6, 6.07) is 14.5. The number of carbonyl (C=O) groups excluding carboxylic acids is 1. The highest BCUT2D eigenvalue weighted by Crippen LogP contribution is 2.30. The minimum atomic E-state index is -3.46. The van der Waals surface area contributed by atoms with Crippen LogP contribution in [0.2, 0.25) is 0 Å². The first kappa shape index (κ1) is 25.6. The number of benzene rings is 2. The normalized spacial score (nSPS) is 17.9. The monoisotopic (exact) mass is 522 g/mol. The molecule has 5 rings (SSSR count). The molecule has 1 aromatic heterocycles. The zero-order valence-corrected chi connectivity index (χ0v) is 22.5. The summed E-state index contributed by atoms with van der Waals surface area (Å²) in [5.41, 5.74) is 2.66. The summed E-state index contributed by atoms with van der Waals surface area (Å²) in [6.07, 6.45) is 3.33. The molecule has 0 atom stereocenters. The second-order valence-electron chi connectivity index (χ2n) is 11.0. The molecule has 0 bridgehead atoms. The molecule has 2 aromatic carbocycles. The summed E-state index contributed by atoms with van der Waals surface area (Å²) in [4.78, 5) is 19.8. The van der Waals surface area contributed by atoms with Crippen molar-refractivity contribution >= 4 is 15.9 Å². The Balaban J connectivity index is 1.20. The van der Waals surface area contributed by atoms with Crippen molar-refractivity contribution in [2.24, 2.45) is 0 Å². The highest BCUT2D eigenvalue weighted by atomic mass is 32.2. The molecular weight excluding hydrogens is 488 g/mol. The van der Waals surface area contributed by atoms with E-state index in [2.05, 4.69) is 30.9 Å². The van der Waals surface area contributed by atoms with E-state index in [4.69, 9.17) is 4.52 Å². The van der Waals surface area contributed by atoms with Crippen molar-refractivity contribution < 1.29 is 17.7 Å². The molecule has 3 heterocycles. The standard InChI is InChI=1S/C28H34N4O4S/c1-28(2,3)23-10-6-22(7-11-23)27(33)31-18-14-20(15-19-31)25-29-26(36-30-25)21-8-12-24(13-9-21)37(34,35)32-16-4-5-17-32/h6-13,20H,4-5,14-19H2,1-3H3. The smallest absolute Gasteiger partial charge is 0.257 e. The first-order chi connectivity index (χ1) is 17.6. The van der Waals surface area contributed by atoms with Gasteiger partial charge in [0, 0.05) is 43.2 Å². The maximum absolute atomic E-state index is 13.0. The minimum absolute atomic E-state index is 0.0523. The quantitative estimate of drug-likeness (QED) is 0.476. The van der Waals surface area contributed by atoms with Crippen molar-refractivity contribution in [3.8, 4) is 11.5 Å². The molecule has 196 valence electrons. The SMILES string of the molecule is CC(C)(C)c1ccc(C(=O)N2CCC(c3noc(-c4ccc(S(=O)(=O)N5CCCC5)cc4)n3)CC2)cc1. The van der Waals surface area contributed by atoms with E-state index in [0.717, 1.165) is 25.7 Å². The number of carbonyl (C=O) groups is 1. The third-order valence-corrected chi connectivity index (χ3v) is 9.30. The molecule has 2 saturated heterocycles. The molecule has 9 heteroatoms. The van der Waals surface area contributed by atoms with Gasteiger partial charge >= 0.3 is 0 Å². The van der Waals surface area contributed by atoms with E-state index in [0.29, 0.717) is 49.0 Å². The predicted molar refractivity (Wildman–Crippen MR) is 141 cm³/mol. The number of piperidine rings is 1. The average molecular weight is 523 g/mol. The molecule has 3 aromatic rings. The molecule has 0 spiro atoms. The Bertz CT molecular complexity index is 1340. The van der Waals surface area contributed by atoms with Crippen LogP contribution >= 0.6 is 0 Å². The van der Waals surface area contributed by atoms with Gasteiger partial charge in [-0.2, -0.15) is 9.29 Å². The highest BCUT2D eigenvalue weighted by molar-refractivity contribution is 7.89. The molecule has 1 amide bonds. The van der Waals surface area contributed by atoms with Gasteiger partial charge in [-0.3, -0.25) is 4.79 Å². The van der Waals surface area contributed by atoms with Crippen LogP contribution in [0.5, 0.6) is 0 Å². The fourth-order valence-corrected chi connectivity index (χ4v) is 6.52. The molecule has 0 aliphatic carbocycles. The van der Waals surface area contributed by atoms with E-state index in [1.54, 1.807) is 24.3 Å². The maximum atomic E-state index is 13.0. The molecular formula is C28H34N4O4S. The van der Waals surface area contributed by atoms with E-state index in [1.165, 1.54) is 9.87 Å². The lowest BCUT2D eigenvalue weighted by atomic mass is 9.86. The van der Waals surface area contributed by atoms with Crippen LogP contribution in [0.15, 0.2) is 57.9 Å². The van der Waals surface area contributed by atoms with E-state index < -0.39 is 10.0 Å². The lowest BCUT2D eigenvalue weighted by molar-refractivity contribution is 0.0710. The fourth-order valence-electron chi connectivity index (χ4n) is 5.00. The Kier molecular flexibility index (Phi) is 6.93. The topological polar surface area (TPSA) is 96.6 Å². The lowest BCUT2D eigenvalue weighted by Crippen LogP contribution is -2.38. The van der Waals surface area contributed by atoms with Crippen molar-refractivity contribution in [3.05, 3.63) is 65.5 Å². The molecule has 2 fully saturated rings. The van der Waals surface area contributed by atoms with Gasteiger partial charge in [0.15, 0.2) is 5.82 Å². The van der Waals surface area contributed by atoms with Gasteiger partial charge in [0.2, 0.25) is 10.0 Å². The number of nitrogens with zero attached hydrogens (tertiary/aromatic N) is 4. The molecule has 37 heavy (non-hydrogen) atoms. The van der Waals surface area contributed by atoms with E-state index in [9.17, 15) is 13.2 Å². The molecule has 2 aliphatic heterocycles. The Morgan fingerprint density at radius 2 is 1.54 bits per heavy atom. The second-order valence-corrected chi connectivity index (χ2v) is 12.9. The fraction of sp³-hybridized carbons (Fsp3) is 0.464. The Labute approximate surface area is 218 Å². The summed E-state index contributed by atoms with van der Waals surface area (Å²) in [5, 5.41) is 4.20. The van der Waals surface area contributed by atoms with Gasteiger partial charge in [-0.25, -0.2) is 8.42 Å². The summed E-state index contributed by atoms with van der Waals surface area (Å²) in [6.45, 7) is 8.90. The number of rotatable bonds is 5. The average Bonchev–Trinajstić information content (AvgIpc) is 3.62. The third-order valence-electron chi connectivity index (χ3n) is 7.39. The molecule has 0 saturated carbocycles. The Morgan fingerprint density at radius 1 is 0.919 bits per heavy atom. The van der Waals surface area contributed by atoms with E-state index in [1.807, 2.05) is 29.2 Å². The zero-order valence-electron chi connectivity index (χ0n) is 21.7. The van der Waals surface area contributed by atoms with Gasteiger partial charge in [-0.1, -0.05) is 38.1 Å². The third kappa shape index (κ3) is 5.33. The number of likely N-dealkylation sites (tertiary alicyclic amines) is 1. The van der Waals surface area contributed by atoms with Crippen LogP contribution in [-0.2, 0) is 15.4 Å². The summed E-state index contributed by atoms with van der Waals surface area (Å²) >= 11 is 0. The van der Waals surface area contributed by atoms with Crippen molar-refractivity contribution in [2.45, 2.75) is 62.7 Å². The predicted octanol–water partition coefficient (Wildman–Crippen LogP) is 4.84. The van der Waals surface area contributed by atoms with Gasteiger partial charge in [0.25, 0.3) is 11.8 Å². The number of hydrogen-bond donors (Lipinski definition) is 0. The van der Waals surface area contributed by atoms with Crippen molar-refractivity contribution in [2.75, 3.05) is 26.2 Å². The molecule has 0 unspecified atom stereocenters. The van der Waals surface area contributed by atoms with Gasteiger partial charge in [0.05, 0.1) is 4.90 Å². The van der Waals surface area contributed by atoms with Crippen molar-refractivity contribution in [1.82, 2.24) is 19.3 Å². The van der Waals surface area contributed by atoms with E-state index in [-0.39, 0.29) is 22.1 Å². The summed E-state index contributed by atoms with van der Waals surface area (Å²) < 4.78 is 32.6. The molecule has 0 N–H and O–H groups in total. The molecule has 8 nitrogen and oxygen atoms in total. The van der Waals surface area contributed by atoms with Gasteiger partial charge in [-0.15, -0.1) is 0 Å². The highest BCUT2D eigenvalue weighted by Gasteiger charge is 2.29. The van der Waals surface area contributed by atoms with Gasteiger partial charge in [0.1, 0.15) is 0 Å². The summed E-state index contributed by atoms with van der Waals surface area (Å²) in [7, 11) is -3.46. The minimum Gasteiger partial charge on any atom is -0.339 e. The number of hydrogen-bond acceptors (Lipinski definition) is 6. The maximum Gasteiger partial charge on any atom is 0.257 e. The van der Waals surface area contributed by atoms with Crippen LogP contribution in [0.4, 0.5) is 0 Å². The van der Waals surface area contributed by atoms with Crippen LogP contribution in [0, 0.1) is 0 Å². The van der Waals surface area contributed by atoms with Crippen LogP contribution < -0.4 is 0 Å². The van der Waals surface area contributed by atoms with Gasteiger partial charge < -0.3 is 9.42 Å². The van der Waals surface area contributed by atoms with Gasteiger partial charge in [-0.05, 0) is 73.1 Å². The lowest BCUT2D eigenvalue weighted by Gasteiger charge is -2.30. The molecule has 0 radical (unpaired) electrons. The molecule has 2 aliphatic rings. The van der Waals surface area contributed by atoms with Crippen molar-refractivity contribution in [1.29, 1.82) is 0 Å². The van der Waals surface area contributed by atoms with Crippen LogP contribution in [-0.4, -0.2) is 59.8 Å². The number of sulfonamides is 1. The first-order valence-corrected chi connectivity index (χ1v) is 14.4. The number of aromatic nitrogens is 2. The number of amides is 1. The van der Waals surface area contributed by atoms with Crippen LogP contribution in [0.25, 0.3) is 11.5 Å².